The van der Waals surface area contributed by atoms with Crippen molar-refractivity contribution >= 4 is 26.8 Å². The van der Waals surface area contributed by atoms with Crippen LogP contribution in [0, 0.1) is 11.8 Å². The number of rotatable bonds is 2. The quantitative estimate of drug-likeness (QED) is 0.735. The standard InChI is InChI=1S/C20H25BrN2/c1-12-5-16-17-7-15(21)8-19-20(17)14(6-18(16)22(2)9-12)11-23(19)10-13-3-4-13/h7-8,11-13,16,18H,3-6,9-10H2,1-2H3/t12-,16-,18-/m1/s1. The highest BCUT2D eigenvalue weighted by Crippen LogP contribution is 2.46. The van der Waals surface area contributed by atoms with E-state index in [1.165, 1.54) is 48.8 Å². The van der Waals surface area contributed by atoms with Crippen LogP contribution in [0.5, 0.6) is 0 Å². The van der Waals surface area contributed by atoms with Gasteiger partial charge in [-0.3, -0.25) is 0 Å². The first-order chi connectivity index (χ1) is 11.1. The van der Waals surface area contributed by atoms with Gasteiger partial charge in [0.2, 0.25) is 0 Å². The van der Waals surface area contributed by atoms with Gasteiger partial charge in [-0.25, -0.2) is 0 Å². The summed E-state index contributed by atoms with van der Waals surface area (Å²) in [6, 6.07) is 5.45. The number of likely N-dealkylation sites (tertiary alicyclic amines) is 1. The van der Waals surface area contributed by atoms with Gasteiger partial charge in [-0.1, -0.05) is 22.9 Å². The Kier molecular flexibility index (Phi) is 3.22. The molecule has 5 rings (SSSR count). The molecule has 2 fully saturated rings. The van der Waals surface area contributed by atoms with E-state index in [9.17, 15) is 0 Å². The van der Waals surface area contributed by atoms with Crippen molar-refractivity contribution in [3.8, 4) is 0 Å². The number of benzene rings is 1. The van der Waals surface area contributed by atoms with Gasteiger partial charge in [0.05, 0.1) is 0 Å². The van der Waals surface area contributed by atoms with Gasteiger partial charge in [-0.15, -0.1) is 0 Å². The molecule has 3 heteroatoms. The Hall–Kier alpha value is -0.800. The largest absolute Gasteiger partial charge is 0.347 e. The zero-order valence-corrected chi connectivity index (χ0v) is 15.6. The summed E-state index contributed by atoms with van der Waals surface area (Å²) < 4.78 is 3.81. The van der Waals surface area contributed by atoms with Crippen molar-refractivity contribution in [3.05, 3.63) is 33.9 Å². The number of aromatic nitrogens is 1. The van der Waals surface area contributed by atoms with Crippen LogP contribution in [0.25, 0.3) is 10.9 Å². The molecule has 1 aromatic heterocycles. The average molecular weight is 373 g/mol. The first-order valence-electron chi connectivity index (χ1n) is 9.11. The molecule has 3 atom stereocenters. The molecule has 0 unspecified atom stereocenters. The van der Waals surface area contributed by atoms with Crippen molar-refractivity contribution in [2.45, 2.75) is 51.1 Å². The van der Waals surface area contributed by atoms with Gasteiger partial charge in [-0.05, 0) is 67.8 Å². The maximum absolute atomic E-state index is 3.79. The first-order valence-corrected chi connectivity index (χ1v) is 9.91. The van der Waals surface area contributed by atoms with Gasteiger partial charge in [-0.2, -0.15) is 0 Å². The number of hydrogen-bond acceptors (Lipinski definition) is 1. The van der Waals surface area contributed by atoms with E-state index in [0.29, 0.717) is 12.0 Å². The Bertz CT molecular complexity index is 774. The minimum absolute atomic E-state index is 0.688. The van der Waals surface area contributed by atoms with Crippen LogP contribution in [0.2, 0.25) is 0 Å². The average Bonchev–Trinajstić information content (AvgIpc) is 3.24. The third-order valence-corrected chi connectivity index (χ3v) is 6.78. The minimum Gasteiger partial charge on any atom is -0.347 e. The summed E-state index contributed by atoms with van der Waals surface area (Å²) in [5.41, 5.74) is 4.66. The van der Waals surface area contributed by atoms with Crippen LogP contribution < -0.4 is 0 Å². The predicted octanol–water partition coefficient (Wildman–Crippen LogP) is 4.79. The second-order valence-corrected chi connectivity index (χ2v) is 9.21. The highest BCUT2D eigenvalue weighted by atomic mass is 79.9. The molecule has 1 saturated heterocycles. The predicted molar refractivity (Wildman–Crippen MR) is 99.0 cm³/mol. The van der Waals surface area contributed by atoms with E-state index < -0.39 is 0 Å². The molecule has 0 amide bonds. The second kappa shape index (κ2) is 5.10. The van der Waals surface area contributed by atoms with Crippen molar-refractivity contribution in [2.75, 3.05) is 13.6 Å². The number of fused-ring (bicyclic) bond motifs is 2. The van der Waals surface area contributed by atoms with Gasteiger partial charge in [0.1, 0.15) is 0 Å². The lowest BCUT2D eigenvalue weighted by atomic mass is 9.73. The molecule has 1 aliphatic heterocycles. The Labute approximate surface area is 147 Å². The maximum Gasteiger partial charge on any atom is 0.0497 e. The molecule has 0 N–H and O–H groups in total. The molecule has 0 bridgehead atoms. The van der Waals surface area contributed by atoms with Crippen LogP contribution in [0.15, 0.2) is 22.8 Å². The summed E-state index contributed by atoms with van der Waals surface area (Å²) >= 11 is 3.79. The zero-order chi connectivity index (χ0) is 15.7. The van der Waals surface area contributed by atoms with Gasteiger partial charge < -0.3 is 9.47 Å². The van der Waals surface area contributed by atoms with Crippen molar-refractivity contribution in [3.63, 3.8) is 0 Å². The Morgan fingerprint density at radius 1 is 1.26 bits per heavy atom. The summed E-state index contributed by atoms with van der Waals surface area (Å²) in [6.07, 6.45) is 7.88. The third-order valence-electron chi connectivity index (χ3n) is 6.32. The van der Waals surface area contributed by atoms with Crippen LogP contribution in [-0.2, 0) is 13.0 Å². The number of hydrogen-bond donors (Lipinski definition) is 0. The molecule has 23 heavy (non-hydrogen) atoms. The van der Waals surface area contributed by atoms with Gasteiger partial charge >= 0.3 is 0 Å². The highest BCUT2D eigenvalue weighted by molar-refractivity contribution is 9.10. The van der Waals surface area contributed by atoms with E-state index in [0.717, 1.165) is 11.8 Å². The number of nitrogens with zero attached hydrogens (tertiary/aromatic N) is 2. The second-order valence-electron chi connectivity index (χ2n) is 8.30. The summed E-state index contributed by atoms with van der Waals surface area (Å²) in [7, 11) is 2.33. The Morgan fingerprint density at radius 2 is 2.09 bits per heavy atom. The third kappa shape index (κ3) is 2.31. The van der Waals surface area contributed by atoms with Crippen molar-refractivity contribution in [1.82, 2.24) is 9.47 Å². The Balaban J connectivity index is 1.69. The molecular weight excluding hydrogens is 348 g/mol. The van der Waals surface area contributed by atoms with Gasteiger partial charge in [0.25, 0.3) is 0 Å². The number of likely N-dealkylation sites (N-methyl/N-ethyl adjacent to an activating group) is 1. The summed E-state index contributed by atoms with van der Waals surface area (Å²) in [5.74, 6) is 2.42. The van der Waals surface area contributed by atoms with Crippen molar-refractivity contribution in [1.29, 1.82) is 0 Å². The smallest absolute Gasteiger partial charge is 0.0497 e. The van der Waals surface area contributed by atoms with E-state index in [1.54, 1.807) is 16.5 Å². The molecular formula is C20H25BrN2. The van der Waals surface area contributed by atoms with Crippen LogP contribution in [0.1, 0.15) is 43.2 Å². The minimum atomic E-state index is 0.688. The number of piperidine rings is 1. The molecule has 2 nitrogen and oxygen atoms in total. The molecule has 3 aliphatic rings. The van der Waals surface area contributed by atoms with Crippen LogP contribution >= 0.6 is 15.9 Å². The molecule has 2 aliphatic carbocycles. The zero-order valence-electron chi connectivity index (χ0n) is 14.1. The molecule has 0 spiro atoms. The van der Waals surface area contributed by atoms with E-state index in [4.69, 9.17) is 0 Å². The van der Waals surface area contributed by atoms with Crippen LogP contribution in [0.4, 0.5) is 0 Å². The fourth-order valence-electron chi connectivity index (χ4n) is 5.15. The van der Waals surface area contributed by atoms with Crippen molar-refractivity contribution in [2.24, 2.45) is 11.8 Å². The summed E-state index contributed by atoms with van der Waals surface area (Å²) in [6.45, 7) is 4.88. The fraction of sp³-hybridized carbons (Fsp3) is 0.600. The summed E-state index contributed by atoms with van der Waals surface area (Å²) in [4.78, 5) is 2.62. The molecule has 1 aromatic carbocycles. The first kappa shape index (κ1) is 14.5. The van der Waals surface area contributed by atoms with E-state index in [2.05, 4.69) is 57.7 Å². The van der Waals surface area contributed by atoms with E-state index in [-0.39, 0.29) is 0 Å². The van der Waals surface area contributed by atoms with E-state index >= 15 is 0 Å². The molecule has 0 radical (unpaired) electrons. The van der Waals surface area contributed by atoms with E-state index in [1.807, 2.05) is 0 Å². The molecule has 2 aromatic rings. The number of halogens is 1. The summed E-state index contributed by atoms with van der Waals surface area (Å²) in [5, 5.41) is 1.58. The SMILES string of the molecule is C[C@@H]1C[C@@H]2c3cc(Br)cc4c3c(cn4CC3CC3)C[C@H]2N(C)C1. The molecule has 122 valence electrons. The van der Waals surface area contributed by atoms with Crippen LogP contribution in [-0.4, -0.2) is 29.1 Å². The molecule has 1 saturated carbocycles. The molecule has 2 heterocycles. The Morgan fingerprint density at radius 3 is 2.87 bits per heavy atom. The van der Waals surface area contributed by atoms with Crippen LogP contribution in [0.3, 0.4) is 0 Å². The monoisotopic (exact) mass is 372 g/mol. The normalized spacial score (nSPS) is 30.7. The van der Waals surface area contributed by atoms with Gasteiger partial charge in [0, 0.05) is 46.6 Å². The topological polar surface area (TPSA) is 8.17 Å². The lowest BCUT2D eigenvalue weighted by Gasteiger charge is -2.44. The maximum atomic E-state index is 3.79. The lowest BCUT2D eigenvalue weighted by molar-refractivity contribution is 0.119. The lowest BCUT2D eigenvalue weighted by Crippen LogP contribution is -2.47. The van der Waals surface area contributed by atoms with Gasteiger partial charge in [0.15, 0.2) is 0 Å². The van der Waals surface area contributed by atoms with Crippen molar-refractivity contribution < 1.29 is 0 Å². The highest BCUT2D eigenvalue weighted by Gasteiger charge is 2.39. The fourth-order valence-corrected chi connectivity index (χ4v) is 5.61.